The third kappa shape index (κ3) is 8.30. The fourth-order valence-electron chi connectivity index (χ4n) is 12.3. The van der Waals surface area contributed by atoms with Gasteiger partial charge in [0.25, 0.3) is 0 Å². The fourth-order valence-corrected chi connectivity index (χ4v) is 12.3. The minimum atomic E-state index is 1.15. The Labute approximate surface area is 466 Å². The van der Waals surface area contributed by atoms with Crippen molar-refractivity contribution in [2.45, 2.75) is 0 Å². The molecule has 0 saturated carbocycles. The largest absolute Gasteiger partial charge is 0.309 e. The zero-order chi connectivity index (χ0) is 52.9. The molecule has 0 saturated heterocycles. The van der Waals surface area contributed by atoms with Crippen molar-refractivity contribution in [1.82, 2.24) is 9.13 Å². The molecule has 0 spiro atoms. The third-order valence-corrected chi connectivity index (χ3v) is 16.2. The van der Waals surface area contributed by atoms with Crippen molar-refractivity contribution in [3.05, 3.63) is 315 Å². The Morgan fingerprint density at radius 3 is 1.05 bits per heavy atom. The van der Waals surface area contributed by atoms with Crippen molar-refractivity contribution >= 4 is 43.6 Å². The SMILES string of the molecule is c1ccc(-c2cccc(-n3c4ccccc4c4cc(-c5ccc6c(c5)c5ccccc5n6-c5ccccc5-c5ccc(-c6cccc(-c7cccc(-c8ccc(-c9ccccc9-c9ccccc9)cc8)c7)c6)cc5)ccc43)c2)cc1. The number of para-hydroxylation sites is 3. The van der Waals surface area contributed by atoms with E-state index in [1.165, 1.54) is 133 Å². The smallest absolute Gasteiger partial charge is 0.0541 e. The fraction of sp³-hybridized carbons (Fsp3) is 0. The van der Waals surface area contributed by atoms with Crippen LogP contribution in [-0.4, -0.2) is 9.13 Å². The number of rotatable bonds is 10. The molecule has 0 aliphatic rings. The molecule has 0 amide bonds. The van der Waals surface area contributed by atoms with Gasteiger partial charge in [0.05, 0.1) is 27.8 Å². The molecule has 13 aromatic carbocycles. The van der Waals surface area contributed by atoms with Gasteiger partial charge in [0.1, 0.15) is 0 Å². The van der Waals surface area contributed by atoms with Crippen molar-refractivity contribution in [3.8, 4) is 100 Å². The third-order valence-electron chi connectivity index (χ3n) is 16.2. The normalized spacial score (nSPS) is 11.5. The highest BCUT2D eigenvalue weighted by Crippen LogP contribution is 2.42. The molecule has 0 fully saturated rings. The molecule has 2 aromatic heterocycles. The molecule has 0 aliphatic carbocycles. The molecule has 0 atom stereocenters. The van der Waals surface area contributed by atoms with Crippen LogP contribution < -0.4 is 0 Å². The topological polar surface area (TPSA) is 9.86 Å². The zero-order valence-corrected chi connectivity index (χ0v) is 43.9. The monoisotopic (exact) mass is 1020 g/mol. The zero-order valence-electron chi connectivity index (χ0n) is 43.9. The predicted octanol–water partition coefficient (Wildman–Crippen LogP) is 21.2. The molecule has 0 unspecified atom stereocenters. The van der Waals surface area contributed by atoms with Gasteiger partial charge in [-0.1, -0.05) is 249 Å². The van der Waals surface area contributed by atoms with Crippen LogP contribution in [0.1, 0.15) is 0 Å². The highest BCUT2D eigenvalue weighted by Gasteiger charge is 2.19. The minimum Gasteiger partial charge on any atom is -0.309 e. The number of hydrogen-bond donors (Lipinski definition) is 0. The summed E-state index contributed by atoms with van der Waals surface area (Å²) in [6.45, 7) is 0. The molecule has 2 heteroatoms. The Kier molecular flexibility index (Phi) is 11.6. The molecule has 2 heterocycles. The summed E-state index contributed by atoms with van der Waals surface area (Å²) < 4.78 is 4.87. The first-order valence-electron chi connectivity index (χ1n) is 27.6. The lowest BCUT2D eigenvalue weighted by molar-refractivity contribution is 1.18. The maximum atomic E-state index is 2.45. The van der Waals surface area contributed by atoms with Crippen LogP contribution >= 0.6 is 0 Å². The summed E-state index contributed by atoms with van der Waals surface area (Å²) in [6.07, 6.45) is 0. The van der Waals surface area contributed by atoms with Crippen LogP contribution in [0.4, 0.5) is 0 Å². The molecular formula is C78H52N2. The van der Waals surface area contributed by atoms with Gasteiger partial charge in [0, 0.05) is 32.8 Å². The lowest BCUT2D eigenvalue weighted by atomic mass is 9.92. The number of aromatic nitrogens is 2. The summed E-state index contributed by atoms with van der Waals surface area (Å²) in [5.74, 6) is 0. The molecule has 2 nitrogen and oxygen atoms in total. The molecule has 0 bridgehead atoms. The van der Waals surface area contributed by atoms with Gasteiger partial charge in [-0.05, 0) is 150 Å². The van der Waals surface area contributed by atoms with Gasteiger partial charge in [-0.25, -0.2) is 0 Å². The van der Waals surface area contributed by atoms with Crippen molar-refractivity contribution in [1.29, 1.82) is 0 Å². The lowest BCUT2D eigenvalue weighted by Crippen LogP contribution is -1.97. The summed E-state index contributed by atoms with van der Waals surface area (Å²) in [4.78, 5) is 0. The van der Waals surface area contributed by atoms with Gasteiger partial charge in [-0.3, -0.25) is 0 Å². The van der Waals surface area contributed by atoms with Gasteiger partial charge in [0.2, 0.25) is 0 Å². The standard InChI is InChI=1S/C78H52N2/c1-3-18-53(19-4-1)63-26-17-27-66(50-63)79-75-34-13-10-31-70(75)72-51-64(44-46-77(72)79)65-45-47-78-73(52-65)71-32-11-14-35-76(71)80(78)74-33-12-9-30-69(74)58-42-38-55(39-43-58)60-23-16-25-62(49-60)61-24-15-22-59(48-61)54-36-40-57(41-37-54)68-29-8-7-28-67(68)56-20-5-2-6-21-56/h1-52H. The molecule has 15 aromatic rings. The Morgan fingerprint density at radius 1 is 0.163 bits per heavy atom. The van der Waals surface area contributed by atoms with E-state index >= 15 is 0 Å². The van der Waals surface area contributed by atoms with Crippen LogP contribution in [0.3, 0.4) is 0 Å². The van der Waals surface area contributed by atoms with E-state index in [-0.39, 0.29) is 0 Å². The number of hydrogen-bond acceptors (Lipinski definition) is 0. The Balaban J connectivity index is 0.728. The van der Waals surface area contributed by atoms with E-state index < -0.39 is 0 Å². The lowest BCUT2D eigenvalue weighted by Gasteiger charge is -2.15. The molecule has 374 valence electrons. The Bertz CT molecular complexity index is 4790. The second-order valence-corrected chi connectivity index (χ2v) is 20.8. The minimum absolute atomic E-state index is 1.15. The van der Waals surface area contributed by atoms with Crippen LogP contribution in [0.15, 0.2) is 315 Å². The van der Waals surface area contributed by atoms with Crippen LogP contribution in [0.25, 0.3) is 144 Å². The van der Waals surface area contributed by atoms with Crippen molar-refractivity contribution in [2.24, 2.45) is 0 Å². The number of nitrogens with zero attached hydrogens (tertiary/aromatic N) is 2. The number of benzene rings is 13. The van der Waals surface area contributed by atoms with E-state index in [4.69, 9.17) is 0 Å². The summed E-state index contributed by atoms with van der Waals surface area (Å²) in [7, 11) is 0. The van der Waals surface area contributed by atoms with Crippen LogP contribution in [0, 0.1) is 0 Å². The molecule has 0 radical (unpaired) electrons. The van der Waals surface area contributed by atoms with Crippen molar-refractivity contribution in [3.63, 3.8) is 0 Å². The maximum absolute atomic E-state index is 2.45. The van der Waals surface area contributed by atoms with Crippen LogP contribution in [0.2, 0.25) is 0 Å². The van der Waals surface area contributed by atoms with Gasteiger partial charge >= 0.3 is 0 Å². The van der Waals surface area contributed by atoms with Gasteiger partial charge < -0.3 is 9.13 Å². The second-order valence-electron chi connectivity index (χ2n) is 20.8. The summed E-state index contributed by atoms with van der Waals surface area (Å²) >= 11 is 0. The van der Waals surface area contributed by atoms with Crippen molar-refractivity contribution < 1.29 is 0 Å². The average Bonchev–Trinajstić information content (AvgIpc) is 4.14. The molecule has 0 aliphatic heterocycles. The van der Waals surface area contributed by atoms with E-state index in [1.54, 1.807) is 0 Å². The van der Waals surface area contributed by atoms with E-state index in [2.05, 4.69) is 325 Å². The van der Waals surface area contributed by atoms with Gasteiger partial charge in [-0.15, -0.1) is 0 Å². The molecule has 80 heavy (non-hydrogen) atoms. The molecule has 0 N–H and O–H groups in total. The van der Waals surface area contributed by atoms with E-state index in [0.717, 1.165) is 11.4 Å². The predicted molar refractivity (Wildman–Crippen MR) is 339 cm³/mol. The first-order valence-corrected chi connectivity index (χ1v) is 27.6. The average molecular weight is 1020 g/mol. The van der Waals surface area contributed by atoms with Crippen LogP contribution in [0.5, 0.6) is 0 Å². The van der Waals surface area contributed by atoms with E-state index in [1.807, 2.05) is 0 Å². The summed E-state index contributed by atoms with van der Waals surface area (Å²) in [5, 5.41) is 4.94. The first kappa shape index (κ1) is 46.7. The maximum Gasteiger partial charge on any atom is 0.0541 e. The second kappa shape index (κ2) is 19.8. The van der Waals surface area contributed by atoms with E-state index in [0.29, 0.717) is 0 Å². The highest BCUT2D eigenvalue weighted by atomic mass is 15.0. The first-order chi connectivity index (χ1) is 39.7. The highest BCUT2D eigenvalue weighted by molar-refractivity contribution is 6.13. The Morgan fingerprint density at radius 2 is 0.487 bits per heavy atom. The van der Waals surface area contributed by atoms with Gasteiger partial charge in [-0.2, -0.15) is 0 Å². The van der Waals surface area contributed by atoms with Crippen LogP contribution in [-0.2, 0) is 0 Å². The summed E-state index contributed by atoms with van der Waals surface area (Å²) in [5.41, 5.74) is 26.3. The number of fused-ring (bicyclic) bond motifs is 6. The van der Waals surface area contributed by atoms with Crippen molar-refractivity contribution in [2.75, 3.05) is 0 Å². The van der Waals surface area contributed by atoms with Gasteiger partial charge in [0.15, 0.2) is 0 Å². The summed E-state index contributed by atoms with van der Waals surface area (Å²) in [6, 6.07) is 115. The Hall–Kier alpha value is -10.5. The molecular weight excluding hydrogens is 965 g/mol. The van der Waals surface area contributed by atoms with E-state index in [9.17, 15) is 0 Å². The molecule has 15 rings (SSSR count). The quantitative estimate of drug-likeness (QED) is 0.129.